The van der Waals surface area contributed by atoms with Gasteiger partial charge in [-0.05, 0) is 69.8 Å². The highest BCUT2D eigenvalue weighted by Gasteiger charge is 2.26. The fourth-order valence-corrected chi connectivity index (χ4v) is 9.13. The Morgan fingerprint density at radius 2 is 0.774 bits per heavy atom. The molecule has 5 nitrogen and oxygen atoms in total. The summed E-state index contributed by atoms with van der Waals surface area (Å²) < 4.78 is 4.69. The number of rotatable bonds is 7. The van der Waals surface area contributed by atoms with Gasteiger partial charge >= 0.3 is 0 Å². The summed E-state index contributed by atoms with van der Waals surface area (Å²) in [4.78, 5) is 16.1. The zero-order valence-electron chi connectivity index (χ0n) is 33.6. The van der Waals surface area contributed by atoms with E-state index in [1.165, 1.54) is 16.3 Å². The Morgan fingerprint density at radius 1 is 0.290 bits per heavy atom. The number of nitrogens with zero attached hydrogens (tertiary/aromatic N) is 5. The minimum absolute atomic E-state index is 0.548. The van der Waals surface area contributed by atoms with Crippen molar-refractivity contribution in [3.05, 3.63) is 224 Å². The highest BCUT2D eigenvalue weighted by Crippen LogP contribution is 2.46. The molecular weight excluding hydrogens is 755 g/mol. The second-order valence-electron chi connectivity index (χ2n) is 15.6. The molecule has 12 aromatic rings. The van der Waals surface area contributed by atoms with E-state index in [2.05, 4.69) is 221 Å². The van der Waals surface area contributed by atoms with Gasteiger partial charge < -0.3 is 4.57 Å². The first-order valence-electron chi connectivity index (χ1n) is 21.0. The van der Waals surface area contributed by atoms with Crippen LogP contribution >= 0.6 is 0 Å². The maximum atomic E-state index is 5.45. The molecule has 12 rings (SSSR count). The Labute approximate surface area is 358 Å². The molecule has 0 saturated heterocycles. The lowest BCUT2D eigenvalue weighted by molar-refractivity contribution is 0.953. The largest absolute Gasteiger partial charge is 0.307 e. The normalized spacial score (nSPS) is 11.5. The van der Waals surface area contributed by atoms with Gasteiger partial charge in [-0.1, -0.05) is 188 Å². The first kappa shape index (κ1) is 35.5. The molecule has 0 saturated carbocycles. The van der Waals surface area contributed by atoms with E-state index < -0.39 is 0 Å². The first-order valence-corrected chi connectivity index (χ1v) is 21.0. The summed E-state index contributed by atoms with van der Waals surface area (Å²) in [6.45, 7) is 0. The average molecular weight is 792 g/mol. The van der Waals surface area contributed by atoms with Crippen LogP contribution in [0.1, 0.15) is 0 Å². The van der Waals surface area contributed by atoms with Crippen LogP contribution in [0.3, 0.4) is 0 Å². The van der Waals surface area contributed by atoms with Crippen LogP contribution in [0.2, 0.25) is 0 Å². The topological polar surface area (TPSA) is 48.5 Å². The molecule has 0 spiro atoms. The highest BCUT2D eigenvalue weighted by molar-refractivity contribution is 6.28. The summed E-state index contributed by atoms with van der Waals surface area (Å²) >= 11 is 0. The Bertz CT molecular complexity index is 3590. The fraction of sp³-hybridized carbons (Fsp3) is 0. The second-order valence-corrected chi connectivity index (χ2v) is 15.6. The van der Waals surface area contributed by atoms with Gasteiger partial charge in [-0.2, -0.15) is 9.97 Å². The molecule has 3 heterocycles. The molecule has 0 atom stereocenters. The smallest absolute Gasteiger partial charge is 0.238 e. The van der Waals surface area contributed by atoms with Crippen molar-refractivity contribution in [1.82, 2.24) is 24.1 Å². The monoisotopic (exact) mass is 791 g/mol. The third-order valence-electron chi connectivity index (χ3n) is 12.0. The molecule has 0 aliphatic heterocycles. The number of hydrogen-bond acceptors (Lipinski definition) is 3. The maximum absolute atomic E-state index is 5.45. The van der Waals surface area contributed by atoms with Gasteiger partial charge in [-0.25, -0.2) is 4.98 Å². The van der Waals surface area contributed by atoms with Gasteiger partial charge in [0.25, 0.3) is 0 Å². The molecule has 9 aromatic carbocycles. The summed E-state index contributed by atoms with van der Waals surface area (Å²) in [6, 6.07) is 79.2. The van der Waals surface area contributed by atoms with Crippen molar-refractivity contribution in [1.29, 1.82) is 0 Å². The Balaban J connectivity index is 1.20. The molecule has 0 unspecified atom stereocenters. The van der Waals surface area contributed by atoms with Gasteiger partial charge in [0.2, 0.25) is 5.95 Å². The molecular formula is C57H37N5. The number of benzene rings is 9. The van der Waals surface area contributed by atoms with Crippen molar-refractivity contribution in [2.24, 2.45) is 0 Å². The van der Waals surface area contributed by atoms with Crippen molar-refractivity contribution < 1.29 is 0 Å². The van der Waals surface area contributed by atoms with Crippen LogP contribution in [-0.4, -0.2) is 24.1 Å². The molecule has 3 aromatic heterocycles. The summed E-state index contributed by atoms with van der Waals surface area (Å²) in [5, 5.41) is 4.59. The summed E-state index contributed by atoms with van der Waals surface area (Å²) in [7, 11) is 0. The van der Waals surface area contributed by atoms with E-state index in [1.54, 1.807) is 0 Å². The van der Waals surface area contributed by atoms with Crippen LogP contribution in [-0.2, 0) is 0 Å². The van der Waals surface area contributed by atoms with Gasteiger partial charge in [-0.15, -0.1) is 0 Å². The zero-order valence-corrected chi connectivity index (χ0v) is 33.6. The molecule has 5 heteroatoms. The minimum Gasteiger partial charge on any atom is -0.307 e. The number of para-hydroxylation sites is 3. The summed E-state index contributed by atoms with van der Waals surface area (Å²) in [5.41, 5.74) is 14.0. The van der Waals surface area contributed by atoms with Crippen LogP contribution in [0.5, 0.6) is 0 Å². The van der Waals surface area contributed by atoms with E-state index in [-0.39, 0.29) is 0 Å². The van der Waals surface area contributed by atoms with Gasteiger partial charge in [0.15, 0.2) is 11.6 Å². The second kappa shape index (κ2) is 14.7. The lowest BCUT2D eigenvalue weighted by Crippen LogP contribution is -2.07. The lowest BCUT2D eigenvalue weighted by atomic mass is 9.96. The molecule has 0 radical (unpaired) electrons. The van der Waals surface area contributed by atoms with Gasteiger partial charge in [-0.3, -0.25) is 4.57 Å². The van der Waals surface area contributed by atoms with Gasteiger partial charge in [0.05, 0.1) is 22.1 Å². The fourth-order valence-electron chi connectivity index (χ4n) is 9.13. The van der Waals surface area contributed by atoms with E-state index in [4.69, 9.17) is 15.0 Å². The number of fused-ring (bicyclic) bond motifs is 7. The lowest BCUT2D eigenvalue weighted by Gasteiger charge is -2.15. The van der Waals surface area contributed by atoms with Crippen molar-refractivity contribution in [2.75, 3.05) is 0 Å². The van der Waals surface area contributed by atoms with E-state index in [0.717, 1.165) is 77.5 Å². The predicted molar refractivity (Wildman–Crippen MR) is 256 cm³/mol. The first-order chi connectivity index (χ1) is 30.8. The van der Waals surface area contributed by atoms with Crippen molar-refractivity contribution >= 4 is 43.6 Å². The van der Waals surface area contributed by atoms with Crippen LogP contribution < -0.4 is 0 Å². The SMILES string of the molecule is c1ccc(-c2ccc(-c3nc(-c4cccc(-c5ccccc5)c4)nc(-n4c5ccccc5c5cc(-c6ccccc6)c6c7ccccc7n(-c7ccccc7)c6c54)n3)cc2)cc1. The van der Waals surface area contributed by atoms with E-state index in [9.17, 15) is 0 Å². The summed E-state index contributed by atoms with van der Waals surface area (Å²) in [6.07, 6.45) is 0. The Hall–Kier alpha value is -8.41. The molecule has 0 bridgehead atoms. The highest BCUT2D eigenvalue weighted by atomic mass is 15.2. The van der Waals surface area contributed by atoms with Gasteiger partial charge in [0.1, 0.15) is 0 Å². The molecule has 0 fully saturated rings. The predicted octanol–water partition coefficient (Wildman–Crippen LogP) is 14.4. The van der Waals surface area contributed by atoms with Crippen molar-refractivity contribution in [3.63, 3.8) is 0 Å². The molecule has 0 aliphatic carbocycles. The third kappa shape index (κ3) is 5.90. The molecule has 0 aliphatic rings. The quantitative estimate of drug-likeness (QED) is 0.162. The number of hydrogen-bond donors (Lipinski definition) is 0. The average Bonchev–Trinajstić information content (AvgIpc) is 3.88. The maximum Gasteiger partial charge on any atom is 0.238 e. The Kier molecular flexibility index (Phi) is 8.42. The van der Waals surface area contributed by atoms with Crippen LogP contribution in [0, 0.1) is 0 Å². The van der Waals surface area contributed by atoms with Gasteiger partial charge in [0, 0.05) is 38.4 Å². The molecule has 0 amide bonds. The summed E-state index contributed by atoms with van der Waals surface area (Å²) in [5.74, 6) is 1.75. The standard InChI is InChI=1S/C57H37N5/c1-5-18-38(19-6-1)40-32-34-42(35-33-40)55-58-56(44-25-17-24-43(36-44)39-20-7-2-8-21-39)60-57(59-55)62-50-30-15-13-28-46(50)49-37-48(41-22-9-3-10-23-41)52-47-29-14-16-31-51(47)61(54(52)53(49)62)45-26-11-4-12-27-45/h1-37H. The van der Waals surface area contributed by atoms with E-state index in [1.807, 2.05) is 12.1 Å². The zero-order chi connectivity index (χ0) is 41.0. The van der Waals surface area contributed by atoms with Crippen LogP contribution in [0.25, 0.3) is 111 Å². The molecule has 290 valence electrons. The van der Waals surface area contributed by atoms with Crippen LogP contribution in [0.4, 0.5) is 0 Å². The van der Waals surface area contributed by atoms with E-state index in [0.29, 0.717) is 17.6 Å². The minimum atomic E-state index is 0.548. The number of aromatic nitrogens is 5. The van der Waals surface area contributed by atoms with Crippen molar-refractivity contribution in [3.8, 4) is 67.8 Å². The molecule has 62 heavy (non-hydrogen) atoms. The molecule has 0 N–H and O–H groups in total. The van der Waals surface area contributed by atoms with Crippen LogP contribution in [0.15, 0.2) is 224 Å². The Morgan fingerprint density at radius 3 is 1.45 bits per heavy atom. The third-order valence-corrected chi connectivity index (χ3v) is 12.0. The van der Waals surface area contributed by atoms with E-state index >= 15 is 0 Å². The van der Waals surface area contributed by atoms with Crippen molar-refractivity contribution in [2.45, 2.75) is 0 Å².